The zero-order chi connectivity index (χ0) is 24.2. The molecule has 0 aliphatic rings. The van der Waals surface area contributed by atoms with Crippen LogP contribution in [0.25, 0.3) is 11.7 Å². The first-order valence-corrected chi connectivity index (χ1v) is 11.1. The van der Waals surface area contributed by atoms with Gasteiger partial charge in [-0.25, -0.2) is 0 Å². The number of hydrogen-bond acceptors (Lipinski definition) is 5. The number of rotatable bonds is 5. The number of benzene rings is 2. The number of amides is 1. The van der Waals surface area contributed by atoms with Gasteiger partial charge in [0.1, 0.15) is 28.6 Å². The second-order valence-electron chi connectivity index (χ2n) is 7.57. The number of carbonyl (C=O) groups excluding carboxylic acids is 1. The molecule has 8 heteroatoms. The van der Waals surface area contributed by atoms with Crippen LogP contribution >= 0.6 is 15.9 Å². The Hall–Kier alpha value is -4.22. The number of nitrogens with one attached hydrogen (secondary N) is 1. The van der Waals surface area contributed by atoms with Crippen molar-refractivity contribution < 1.29 is 9.53 Å². The van der Waals surface area contributed by atoms with Crippen molar-refractivity contribution in [1.82, 2.24) is 9.38 Å². The Bertz CT molecular complexity index is 1550. The highest BCUT2D eigenvalue weighted by Gasteiger charge is 2.18. The molecule has 0 bridgehead atoms. The Morgan fingerprint density at radius 3 is 2.68 bits per heavy atom. The number of nitrogens with zero attached hydrogens (tertiary/aromatic N) is 3. The largest absolute Gasteiger partial charge is 0.438 e. The van der Waals surface area contributed by atoms with Crippen LogP contribution in [0.2, 0.25) is 0 Å². The molecule has 0 aliphatic carbocycles. The third kappa shape index (κ3) is 4.90. The standard InChI is InChI=1S/C26H19BrN4O3/c1-16-6-3-10-21(12-16)34-25-22(26(33)31-11-5-7-17(2)23(31)30-25)13-18(15-28)24(32)29-20-9-4-8-19(27)14-20/h3-14H,1-2H3,(H,29,32)/b18-13-. The predicted molar refractivity (Wildman–Crippen MR) is 134 cm³/mol. The average Bonchev–Trinajstić information content (AvgIpc) is 2.80. The zero-order valence-electron chi connectivity index (χ0n) is 18.4. The molecule has 0 spiro atoms. The van der Waals surface area contributed by atoms with Gasteiger partial charge >= 0.3 is 0 Å². The van der Waals surface area contributed by atoms with Crippen molar-refractivity contribution in [1.29, 1.82) is 5.26 Å². The van der Waals surface area contributed by atoms with Crippen molar-refractivity contribution in [3.63, 3.8) is 0 Å². The first-order chi connectivity index (χ1) is 16.4. The van der Waals surface area contributed by atoms with Gasteiger partial charge in [-0.3, -0.25) is 14.0 Å². The van der Waals surface area contributed by atoms with E-state index in [-0.39, 0.29) is 17.0 Å². The number of halogens is 1. The lowest BCUT2D eigenvalue weighted by Gasteiger charge is -2.12. The van der Waals surface area contributed by atoms with Crippen LogP contribution in [0.1, 0.15) is 16.7 Å². The maximum absolute atomic E-state index is 13.4. The Morgan fingerprint density at radius 2 is 1.94 bits per heavy atom. The molecule has 0 aliphatic heterocycles. The number of hydrogen-bond donors (Lipinski definition) is 1. The van der Waals surface area contributed by atoms with Gasteiger partial charge in [-0.05, 0) is 67.4 Å². The molecule has 0 saturated carbocycles. The van der Waals surface area contributed by atoms with Gasteiger partial charge < -0.3 is 10.1 Å². The molecule has 168 valence electrons. The van der Waals surface area contributed by atoms with Crippen LogP contribution in [0.3, 0.4) is 0 Å². The lowest BCUT2D eigenvalue weighted by atomic mass is 10.1. The molecule has 0 saturated heterocycles. The minimum absolute atomic E-state index is 0.00732. The van der Waals surface area contributed by atoms with Gasteiger partial charge in [-0.2, -0.15) is 10.2 Å². The van der Waals surface area contributed by atoms with Gasteiger partial charge in [0.15, 0.2) is 0 Å². The molecule has 2 aromatic heterocycles. The van der Waals surface area contributed by atoms with E-state index in [4.69, 9.17) is 4.74 Å². The molecule has 0 atom stereocenters. The van der Waals surface area contributed by atoms with Gasteiger partial charge in [0.05, 0.1) is 0 Å². The number of aryl methyl sites for hydroxylation is 2. The fourth-order valence-corrected chi connectivity index (χ4v) is 3.74. The van der Waals surface area contributed by atoms with Gasteiger partial charge in [-0.1, -0.05) is 40.2 Å². The van der Waals surface area contributed by atoms with E-state index in [2.05, 4.69) is 26.2 Å². The van der Waals surface area contributed by atoms with Crippen LogP contribution in [-0.2, 0) is 4.79 Å². The van der Waals surface area contributed by atoms with Gasteiger partial charge in [0, 0.05) is 16.4 Å². The van der Waals surface area contributed by atoms with Crippen LogP contribution < -0.4 is 15.6 Å². The molecule has 1 amide bonds. The predicted octanol–water partition coefficient (Wildman–Crippen LogP) is 5.41. The van der Waals surface area contributed by atoms with Gasteiger partial charge in [0.25, 0.3) is 11.5 Å². The minimum atomic E-state index is -0.657. The highest BCUT2D eigenvalue weighted by molar-refractivity contribution is 9.10. The van der Waals surface area contributed by atoms with E-state index >= 15 is 0 Å². The van der Waals surface area contributed by atoms with Gasteiger partial charge in [0.2, 0.25) is 5.88 Å². The molecule has 34 heavy (non-hydrogen) atoms. The smallest absolute Gasteiger partial charge is 0.269 e. The number of ether oxygens (including phenoxy) is 1. The van der Waals surface area contributed by atoms with Crippen LogP contribution in [0.5, 0.6) is 11.6 Å². The first-order valence-electron chi connectivity index (χ1n) is 10.3. The zero-order valence-corrected chi connectivity index (χ0v) is 20.0. The Labute approximate surface area is 204 Å². The van der Waals surface area contributed by atoms with Crippen LogP contribution in [-0.4, -0.2) is 15.3 Å². The monoisotopic (exact) mass is 514 g/mol. The summed E-state index contributed by atoms with van der Waals surface area (Å²) in [6.07, 6.45) is 2.79. The summed E-state index contributed by atoms with van der Waals surface area (Å²) >= 11 is 3.34. The lowest BCUT2D eigenvalue weighted by molar-refractivity contribution is -0.112. The molecule has 7 nitrogen and oxygen atoms in total. The molecule has 2 aromatic carbocycles. The van der Waals surface area contributed by atoms with Crippen LogP contribution in [0.15, 0.2) is 81.7 Å². The summed E-state index contributed by atoms with van der Waals surface area (Å²) in [6.45, 7) is 3.75. The Kier molecular flexibility index (Phi) is 6.57. The van der Waals surface area contributed by atoms with Crippen molar-refractivity contribution in [2.45, 2.75) is 13.8 Å². The highest BCUT2D eigenvalue weighted by Crippen LogP contribution is 2.25. The Morgan fingerprint density at radius 1 is 1.15 bits per heavy atom. The van der Waals surface area contributed by atoms with E-state index in [1.807, 2.05) is 44.2 Å². The fraction of sp³-hybridized carbons (Fsp3) is 0.0769. The molecule has 0 unspecified atom stereocenters. The summed E-state index contributed by atoms with van der Waals surface area (Å²) in [4.78, 5) is 30.8. The molecule has 0 radical (unpaired) electrons. The van der Waals surface area contributed by atoms with Crippen molar-refractivity contribution in [2.75, 3.05) is 5.32 Å². The summed E-state index contributed by atoms with van der Waals surface area (Å²) in [7, 11) is 0. The number of anilines is 1. The molecular formula is C26H19BrN4O3. The first kappa shape index (κ1) is 23.0. The van der Waals surface area contributed by atoms with E-state index in [9.17, 15) is 14.9 Å². The second kappa shape index (κ2) is 9.73. The van der Waals surface area contributed by atoms with Crippen molar-refractivity contribution >= 4 is 39.2 Å². The van der Waals surface area contributed by atoms with E-state index < -0.39 is 11.5 Å². The third-order valence-corrected chi connectivity index (χ3v) is 5.48. The summed E-state index contributed by atoms with van der Waals surface area (Å²) in [6, 6.07) is 19.7. The molecule has 1 N–H and O–H groups in total. The number of nitriles is 1. The van der Waals surface area contributed by atoms with Gasteiger partial charge in [-0.15, -0.1) is 0 Å². The topological polar surface area (TPSA) is 96.5 Å². The summed E-state index contributed by atoms with van der Waals surface area (Å²) in [5.41, 5.74) is 1.93. The molecule has 2 heterocycles. The summed E-state index contributed by atoms with van der Waals surface area (Å²) in [5.74, 6) is -0.166. The van der Waals surface area contributed by atoms with E-state index in [1.54, 1.807) is 42.6 Å². The number of pyridine rings is 1. The fourth-order valence-electron chi connectivity index (χ4n) is 3.34. The maximum atomic E-state index is 13.4. The minimum Gasteiger partial charge on any atom is -0.438 e. The highest BCUT2D eigenvalue weighted by atomic mass is 79.9. The molecule has 4 aromatic rings. The van der Waals surface area contributed by atoms with Crippen molar-refractivity contribution in [3.8, 4) is 17.7 Å². The number of fused-ring (bicyclic) bond motifs is 1. The molecule has 4 rings (SSSR count). The SMILES string of the molecule is Cc1cccc(Oc2nc3c(C)cccn3c(=O)c2/C=C(/C#N)C(=O)Nc2cccc(Br)c2)c1. The maximum Gasteiger partial charge on any atom is 0.269 e. The van der Waals surface area contributed by atoms with Crippen LogP contribution in [0.4, 0.5) is 5.69 Å². The van der Waals surface area contributed by atoms with E-state index in [1.165, 1.54) is 10.5 Å². The number of carbonyl (C=O) groups is 1. The van der Waals surface area contributed by atoms with Crippen molar-refractivity contribution in [3.05, 3.63) is 104 Å². The second-order valence-corrected chi connectivity index (χ2v) is 8.49. The molecular weight excluding hydrogens is 496 g/mol. The summed E-state index contributed by atoms with van der Waals surface area (Å²) in [5, 5.41) is 12.4. The van der Waals surface area contributed by atoms with Crippen molar-refractivity contribution in [2.24, 2.45) is 0 Å². The molecule has 0 fully saturated rings. The van der Waals surface area contributed by atoms with E-state index in [0.717, 1.165) is 15.6 Å². The number of aromatic nitrogens is 2. The lowest BCUT2D eigenvalue weighted by Crippen LogP contribution is -2.20. The normalized spacial score (nSPS) is 11.2. The summed E-state index contributed by atoms with van der Waals surface area (Å²) < 4.78 is 8.12. The van der Waals surface area contributed by atoms with E-state index in [0.29, 0.717) is 17.1 Å². The Balaban J connectivity index is 1.84. The third-order valence-electron chi connectivity index (χ3n) is 4.99. The quantitative estimate of drug-likeness (QED) is 0.283. The van der Waals surface area contributed by atoms with Crippen LogP contribution in [0, 0.1) is 25.2 Å². The average molecular weight is 515 g/mol.